The fraction of sp³-hybridized carbons (Fsp3) is 0.474. The molecule has 1 saturated heterocycles. The minimum atomic E-state index is 0.0638. The topological polar surface area (TPSA) is 41.4 Å². The minimum Gasteiger partial charge on any atom is -0.336 e. The van der Waals surface area contributed by atoms with Crippen LogP contribution in [0.5, 0.6) is 0 Å². The third kappa shape index (κ3) is 3.67. The van der Waals surface area contributed by atoms with E-state index in [1.165, 1.54) is 12.8 Å². The Bertz CT molecular complexity index is 674. The number of hydrogen-bond acceptors (Lipinski definition) is 3. The maximum absolute atomic E-state index is 12.9. The van der Waals surface area contributed by atoms with Crippen molar-refractivity contribution in [3.63, 3.8) is 0 Å². The van der Waals surface area contributed by atoms with Gasteiger partial charge in [-0.1, -0.05) is 30.3 Å². The molecule has 0 spiro atoms. The summed E-state index contributed by atoms with van der Waals surface area (Å²) in [5, 5.41) is 4.51. The minimum absolute atomic E-state index is 0.0638. The summed E-state index contributed by atoms with van der Waals surface area (Å²) in [4.78, 5) is 17.3. The first kappa shape index (κ1) is 16.7. The van der Waals surface area contributed by atoms with Crippen LogP contribution in [0.3, 0.4) is 0 Å². The van der Waals surface area contributed by atoms with Crippen molar-refractivity contribution in [2.45, 2.75) is 19.8 Å². The summed E-state index contributed by atoms with van der Waals surface area (Å²) < 4.78 is 1.70. The Morgan fingerprint density at radius 3 is 2.58 bits per heavy atom. The molecule has 0 atom stereocenters. The summed E-state index contributed by atoms with van der Waals surface area (Å²) in [7, 11) is 1.84. The van der Waals surface area contributed by atoms with Gasteiger partial charge in [-0.2, -0.15) is 5.10 Å². The molecular formula is C19H26N4O. The number of rotatable bonds is 6. The lowest BCUT2D eigenvalue weighted by atomic mass is 10.1. The molecule has 0 radical (unpaired) electrons. The van der Waals surface area contributed by atoms with Gasteiger partial charge in [0, 0.05) is 32.2 Å². The van der Waals surface area contributed by atoms with E-state index in [9.17, 15) is 4.79 Å². The molecule has 0 N–H and O–H groups in total. The molecule has 24 heavy (non-hydrogen) atoms. The average molecular weight is 326 g/mol. The fourth-order valence-electron chi connectivity index (χ4n) is 3.25. The van der Waals surface area contributed by atoms with Crippen LogP contribution in [0.15, 0.2) is 36.4 Å². The molecule has 128 valence electrons. The monoisotopic (exact) mass is 326 g/mol. The molecule has 1 aromatic heterocycles. The molecule has 1 fully saturated rings. The Kier molecular flexibility index (Phi) is 5.30. The van der Waals surface area contributed by atoms with E-state index in [2.05, 4.69) is 10.00 Å². The van der Waals surface area contributed by atoms with Gasteiger partial charge in [0.1, 0.15) is 5.69 Å². The lowest BCUT2D eigenvalue weighted by molar-refractivity contribution is 0.0738. The second kappa shape index (κ2) is 7.62. The SMILES string of the molecule is CCN(CCN1CCCC1)C(=O)c1cc(-c2ccccc2)nn1C. The van der Waals surface area contributed by atoms with Crippen LogP contribution in [0.4, 0.5) is 0 Å². The number of aryl methyl sites for hydroxylation is 1. The van der Waals surface area contributed by atoms with Crippen molar-refractivity contribution >= 4 is 5.91 Å². The number of benzene rings is 1. The van der Waals surface area contributed by atoms with Crippen molar-refractivity contribution < 1.29 is 4.79 Å². The molecule has 1 aromatic carbocycles. The Labute approximate surface area is 143 Å². The van der Waals surface area contributed by atoms with Crippen molar-refractivity contribution in [3.8, 4) is 11.3 Å². The zero-order valence-corrected chi connectivity index (χ0v) is 14.6. The molecule has 5 nitrogen and oxygen atoms in total. The molecule has 3 rings (SSSR count). The summed E-state index contributed by atoms with van der Waals surface area (Å²) in [6, 6.07) is 11.9. The van der Waals surface area contributed by atoms with Gasteiger partial charge in [-0.3, -0.25) is 9.48 Å². The number of amides is 1. The van der Waals surface area contributed by atoms with Gasteiger partial charge in [-0.25, -0.2) is 0 Å². The van der Waals surface area contributed by atoms with E-state index in [0.29, 0.717) is 5.69 Å². The Morgan fingerprint density at radius 1 is 1.21 bits per heavy atom. The van der Waals surface area contributed by atoms with Gasteiger partial charge in [0.05, 0.1) is 5.69 Å². The molecule has 5 heteroatoms. The van der Waals surface area contributed by atoms with E-state index >= 15 is 0 Å². The zero-order valence-electron chi connectivity index (χ0n) is 14.6. The van der Waals surface area contributed by atoms with E-state index < -0.39 is 0 Å². The highest BCUT2D eigenvalue weighted by Crippen LogP contribution is 2.19. The summed E-state index contributed by atoms with van der Waals surface area (Å²) in [5.74, 6) is 0.0638. The van der Waals surface area contributed by atoms with Gasteiger partial charge in [0.2, 0.25) is 0 Å². The first-order chi connectivity index (χ1) is 11.7. The molecule has 1 aliphatic rings. The number of likely N-dealkylation sites (tertiary alicyclic amines) is 1. The Morgan fingerprint density at radius 2 is 1.92 bits per heavy atom. The number of nitrogens with zero attached hydrogens (tertiary/aromatic N) is 4. The van der Waals surface area contributed by atoms with Crippen molar-refractivity contribution in [1.29, 1.82) is 0 Å². The van der Waals surface area contributed by atoms with Crippen molar-refractivity contribution in [2.75, 3.05) is 32.7 Å². The highest BCUT2D eigenvalue weighted by atomic mass is 16.2. The van der Waals surface area contributed by atoms with Crippen LogP contribution in [0.2, 0.25) is 0 Å². The quantitative estimate of drug-likeness (QED) is 0.819. The number of aromatic nitrogens is 2. The van der Waals surface area contributed by atoms with E-state index in [-0.39, 0.29) is 5.91 Å². The molecule has 0 unspecified atom stereocenters. The van der Waals surface area contributed by atoms with Crippen LogP contribution in [0, 0.1) is 0 Å². The summed E-state index contributed by atoms with van der Waals surface area (Å²) in [6.45, 7) is 6.82. The largest absolute Gasteiger partial charge is 0.336 e. The first-order valence-electron chi connectivity index (χ1n) is 8.80. The maximum Gasteiger partial charge on any atom is 0.272 e. The molecule has 0 aliphatic carbocycles. The van der Waals surface area contributed by atoms with E-state index in [0.717, 1.165) is 44.0 Å². The van der Waals surface area contributed by atoms with E-state index in [4.69, 9.17) is 0 Å². The number of carbonyl (C=O) groups is 1. The first-order valence-corrected chi connectivity index (χ1v) is 8.80. The highest BCUT2D eigenvalue weighted by molar-refractivity contribution is 5.93. The molecule has 2 aromatic rings. The highest BCUT2D eigenvalue weighted by Gasteiger charge is 2.21. The number of hydrogen-bond donors (Lipinski definition) is 0. The molecule has 1 amide bonds. The standard InChI is InChI=1S/C19H26N4O/c1-3-23(14-13-22-11-7-8-12-22)19(24)18-15-17(20-21(18)2)16-9-5-4-6-10-16/h4-6,9-10,15H,3,7-8,11-14H2,1-2H3. The fourth-order valence-corrected chi connectivity index (χ4v) is 3.25. The van der Waals surface area contributed by atoms with Crippen LogP contribution in [0.25, 0.3) is 11.3 Å². The lowest BCUT2D eigenvalue weighted by Gasteiger charge is -2.24. The van der Waals surface area contributed by atoms with Gasteiger partial charge >= 0.3 is 0 Å². The Hall–Kier alpha value is -2.14. The van der Waals surface area contributed by atoms with Gasteiger partial charge in [-0.05, 0) is 38.9 Å². The molecule has 1 aliphatic heterocycles. The summed E-state index contributed by atoms with van der Waals surface area (Å²) >= 11 is 0. The van der Waals surface area contributed by atoms with Crippen LogP contribution >= 0.6 is 0 Å². The number of carbonyl (C=O) groups excluding carboxylic acids is 1. The van der Waals surface area contributed by atoms with Gasteiger partial charge < -0.3 is 9.80 Å². The molecular weight excluding hydrogens is 300 g/mol. The van der Waals surface area contributed by atoms with Crippen molar-refractivity contribution in [3.05, 3.63) is 42.1 Å². The van der Waals surface area contributed by atoms with Crippen LogP contribution in [0.1, 0.15) is 30.3 Å². The normalized spacial score (nSPS) is 14.9. The smallest absolute Gasteiger partial charge is 0.272 e. The molecule has 0 saturated carbocycles. The third-order valence-corrected chi connectivity index (χ3v) is 4.72. The summed E-state index contributed by atoms with van der Waals surface area (Å²) in [6.07, 6.45) is 2.56. The van der Waals surface area contributed by atoms with Gasteiger partial charge in [0.25, 0.3) is 5.91 Å². The maximum atomic E-state index is 12.9. The van der Waals surface area contributed by atoms with Crippen molar-refractivity contribution in [2.24, 2.45) is 7.05 Å². The average Bonchev–Trinajstić information content (AvgIpc) is 3.25. The second-order valence-electron chi connectivity index (χ2n) is 6.34. The van der Waals surface area contributed by atoms with Gasteiger partial charge in [-0.15, -0.1) is 0 Å². The predicted molar refractivity (Wildman–Crippen MR) is 95.9 cm³/mol. The van der Waals surface area contributed by atoms with Gasteiger partial charge in [0.15, 0.2) is 0 Å². The molecule has 2 heterocycles. The number of likely N-dealkylation sites (N-methyl/N-ethyl adjacent to an activating group) is 1. The van der Waals surface area contributed by atoms with E-state index in [1.54, 1.807) is 4.68 Å². The molecule has 0 bridgehead atoms. The van der Waals surface area contributed by atoms with E-state index in [1.807, 2.05) is 55.3 Å². The van der Waals surface area contributed by atoms with Crippen LogP contribution < -0.4 is 0 Å². The van der Waals surface area contributed by atoms with Crippen LogP contribution in [-0.4, -0.2) is 58.2 Å². The lowest BCUT2D eigenvalue weighted by Crippen LogP contribution is -2.38. The predicted octanol–water partition coefficient (Wildman–Crippen LogP) is 2.65. The van der Waals surface area contributed by atoms with Crippen molar-refractivity contribution in [1.82, 2.24) is 19.6 Å². The zero-order chi connectivity index (χ0) is 16.9. The third-order valence-electron chi connectivity index (χ3n) is 4.72. The summed E-state index contributed by atoms with van der Waals surface area (Å²) in [5.41, 5.74) is 2.53. The Balaban J connectivity index is 1.71. The second-order valence-corrected chi connectivity index (χ2v) is 6.34. The van der Waals surface area contributed by atoms with Crippen LogP contribution in [-0.2, 0) is 7.05 Å².